The summed E-state index contributed by atoms with van der Waals surface area (Å²) in [5, 5.41) is 4.33. The van der Waals surface area contributed by atoms with Gasteiger partial charge in [0.15, 0.2) is 0 Å². The lowest BCUT2D eigenvalue weighted by atomic mass is 9.69. The average molecular weight is 440 g/mol. The number of carbonyl (C=O) groups is 2. The molecule has 29 heavy (non-hydrogen) atoms. The van der Waals surface area contributed by atoms with E-state index in [1.54, 1.807) is 0 Å². The summed E-state index contributed by atoms with van der Waals surface area (Å²) in [6.45, 7) is 1.91. The highest BCUT2D eigenvalue weighted by molar-refractivity contribution is 6.31. The van der Waals surface area contributed by atoms with Crippen molar-refractivity contribution in [2.45, 2.75) is 38.0 Å². The van der Waals surface area contributed by atoms with Crippen molar-refractivity contribution >= 4 is 23.5 Å². The normalized spacial score (nSPS) is 25.8. The summed E-state index contributed by atoms with van der Waals surface area (Å²) in [7, 11) is 0. The Balaban J connectivity index is 1.85. The first-order chi connectivity index (χ1) is 13.5. The van der Waals surface area contributed by atoms with Gasteiger partial charge in [0.1, 0.15) is 22.7 Å². The Kier molecular flexibility index (Phi) is 5.93. The average Bonchev–Trinajstić information content (AvgIpc) is 2.59. The number of hydrogen-bond acceptors (Lipinski definition) is 2. The summed E-state index contributed by atoms with van der Waals surface area (Å²) in [5.41, 5.74) is -0.190. The molecular formula is C18H19ClF5N3O2. The highest BCUT2D eigenvalue weighted by Gasteiger charge is 2.51. The van der Waals surface area contributed by atoms with Gasteiger partial charge in [-0.2, -0.15) is 13.2 Å². The molecule has 0 radical (unpaired) electrons. The van der Waals surface area contributed by atoms with Crippen LogP contribution in [0.2, 0.25) is 5.02 Å². The van der Waals surface area contributed by atoms with Crippen LogP contribution < -0.4 is 10.6 Å². The molecule has 160 valence electrons. The Hall–Kier alpha value is -2.10. The molecule has 5 nitrogen and oxygen atoms in total. The van der Waals surface area contributed by atoms with Gasteiger partial charge in [-0.1, -0.05) is 17.7 Å². The molecule has 1 heterocycles. The summed E-state index contributed by atoms with van der Waals surface area (Å²) in [4.78, 5) is 25.7. The molecule has 1 aliphatic carbocycles. The van der Waals surface area contributed by atoms with Gasteiger partial charge in [-0.15, -0.1) is 0 Å². The number of hydrogen-bond donors (Lipinski definition) is 2. The van der Waals surface area contributed by atoms with Gasteiger partial charge >= 0.3 is 12.2 Å². The topological polar surface area (TPSA) is 61.4 Å². The van der Waals surface area contributed by atoms with Crippen LogP contribution in [-0.2, 0) is 4.79 Å². The zero-order valence-corrected chi connectivity index (χ0v) is 16.1. The fourth-order valence-electron chi connectivity index (χ4n) is 3.71. The molecule has 1 saturated heterocycles. The number of rotatable bonds is 3. The van der Waals surface area contributed by atoms with E-state index in [1.165, 1.54) is 11.8 Å². The maximum absolute atomic E-state index is 14.6. The van der Waals surface area contributed by atoms with E-state index >= 15 is 0 Å². The van der Waals surface area contributed by atoms with Crippen molar-refractivity contribution < 1.29 is 31.5 Å². The lowest BCUT2D eigenvalue weighted by Gasteiger charge is -2.43. The predicted octanol–water partition coefficient (Wildman–Crippen LogP) is 3.78. The number of halogens is 6. The summed E-state index contributed by atoms with van der Waals surface area (Å²) in [6.07, 6.45) is -5.00. The molecule has 0 aromatic heterocycles. The monoisotopic (exact) mass is 439 g/mol. The summed E-state index contributed by atoms with van der Waals surface area (Å²) < 4.78 is 66.8. The highest BCUT2D eigenvalue weighted by atomic mass is 35.5. The number of nitrogens with one attached hydrogen (secondary N) is 2. The minimum atomic E-state index is -4.39. The van der Waals surface area contributed by atoms with Crippen molar-refractivity contribution in [3.8, 4) is 0 Å². The number of urea groups is 1. The SMILES string of the molecule is C[C@@H]1C(=O)NCCN1C(=O)NC(c1ccc(F)c(Cl)c1F)[C@H]1C[C@@H](C(F)(F)F)C1. The van der Waals surface area contributed by atoms with Gasteiger partial charge in [-0.3, -0.25) is 4.79 Å². The maximum atomic E-state index is 14.6. The van der Waals surface area contributed by atoms with Crippen LogP contribution in [0.15, 0.2) is 12.1 Å². The second kappa shape index (κ2) is 7.97. The Bertz CT molecular complexity index is 813. The van der Waals surface area contributed by atoms with Gasteiger partial charge in [0.05, 0.1) is 12.0 Å². The summed E-state index contributed by atoms with van der Waals surface area (Å²) in [5.74, 6) is -4.78. The second-order valence-electron chi connectivity index (χ2n) is 7.32. The Morgan fingerprint density at radius 3 is 2.59 bits per heavy atom. The quantitative estimate of drug-likeness (QED) is 0.556. The predicted molar refractivity (Wildman–Crippen MR) is 94.1 cm³/mol. The van der Waals surface area contributed by atoms with Crippen LogP contribution in [0.25, 0.3) is 0 Å². The molecule has 2 N–H and O–H groups in total. The fraction of sp³-hybridized carbons (Fsp3) is 0.556. The molecule has 0 spiro atoms. The third-order valence-electron chi connectivity index (χ3n) is 5.55. The van der Waals surface area contributed by atoms with Gasteiger partial charge in [0, 0.05) is 18.7 Å². The van der Waals surface area contributed by atoms with Gasteiger partial charge in [-0.05, 0) is 31.7 Å². The van der Waals surface area contributed by atoms with Crippen LogP contribution in [0.5, 0.6) is 0 Å². The van der Waals surface area contributed by atoms with Gasteiger partial charge in [-0.25, -0.2) is 13.6 Å². The Morgan fingerprint density at radius 2 is 1.97 bits per heavy atom. The van der Waals surface area contributed by atoms with Crippen LogP contribution in [0.4, 0.5) is 26.7 Å². The molecular weight excluding hydrogens is 421 g/mol. The van der Waals surface area contributed by atoms with E-state index in [0.717, 1.165) is 12.1 Å². The molecule has 2 atom stereocenters. The first-order valence-corrected chi connectivity index (χ1v) is 9.43. The molecule has 1 aliphatic heterocycles. The van der Waals surface area contributed by atoms with E-state index in [9.17, 15) is 31.5 Å². The zero-order chi connectivity index (χ0) is 21.5. The van der Waals surface area contributed by atoms with Gasteiger partial charge in [0.25, 0.3) is 0 Å². The van der Waals surface area contributed by atoms with E-state index < -0.39 is 52.8 Å². The Labute approximate surface area is 168 Å². The third kappa shape index (κ3) is 4.26. The molecule has 3 rings (SSSR count). The number of alkyl halides is 3. The maximum Gasteiger partial charge on any atom is 0.391 e. The fourth-order valence-corrected chi connectivity index (χ4v) is 3.88. The molecule has 2 aliphatic rings. The lowest BCUT2D eigenvalue weighted by Crippen LogP contribution is -2.59. The van der Waals surface area contributed by atoms with E-state index in [4.69, 9.17) is 11.6 Å². The van der Waals surface area contributed by atoms with Crippen molar-refractivity contribution in [3.63, 3.8) is 0 Å². The van der Waals surface area contributed by atoms with Crippen molar-refractivity contribution in [3.05, 3.63) is 34.4 Å². The highest BCUT2D eigenvalue weighted by Crippen LogP contribution is 2.50. The number of nitrogens with zero attached hydrogens (tertiary/aromatic N) is 1. The third-order valence-corrected chi connectivity index (χ3v) is 5.89. The molecule has 3 amide bonds. The largest absolute Gasteiger partial charge is 0.391 e. The zero-order valence-electron chi connectivity index (χ0n) is 15.3. The van der Waals surface area contributed by atoms with E-state index in [0.29, 0.717) is 0 Å². The van der Waals surface area contributed by atoms with Crippen LogP contribution in [0.1, 0.15) is 31.4 Å². The molecule has 1 aromatic carbocycles. The van der Waals surface area contributed by atoms with Gasteiger partial charge < -0.3 is 15.5 Å². The summed E-state index contributed by atoms with van der Waals surface area (Å²) in [6, 6.07) is -0.690. The summed E-state index contributed by atoms with van der Waals surface area (Å²) >= 11 is 5.62. The van der Waals surface area contributed by atoms with Gasteiger partial charge in [0.2, 0.25) is 5.91 Å². The molecule has 2 fully saturated rings. The number of amides is 3. The van der Waals surface area contributed by atoms with Crippen LogP contribution in [-0.4, -0.2) is 42.1 Å². The molecule has 1 unspecified atom stereocenters. The van der Waals surface area contributed by atoms with Crippen LogP contribution in [0.3, 0.4) is 0 Å². The molecule has 0 bridgehead atoms. The second-order valence-corrected chi connectivity index (χ2v) is 7.70. The van der Waals surface area contributed by atoms with Crippen molar-refractivity contribution in [1.82, 2.24) is 15.5 Å². The van der Waals surface area contributed by atoms with Crippen LogP contribution in [0, 0.1) is 23.5 Å². The van der Waals surface area contributed by atoms with Crippen molar-refractivity contribution in [2.75, 3.05) is 13.1 Å². The molecule has 11 heteroatoms. The number of carbonyl (C=O) groups excluding carboxylic acids is 2. The molecule has 1 saturated carbocycles. The van der Waals surface area contributed by atoms with Crippen molar-refractivity contribution in [2.24, 2.45) is 11.8 Å². The van der Waals surface area contributed by atoms with Crippen LogP contribution >= 0.6 is 11.6 Å². The minimum absolute atomic E-state index is 0.188. The first-order valence-electron chi connectivity index (χ1n) is 9.05. The standard InChI is InChI=1S/C18H19ClF5N3O2/c1-8-16(28)25-4-5-27(8)17(29)26-15(9-6-10(7-9)18(22,23)24)11-2-3-12(20)13(19)14(11)21/h2-3,8-10,15H,4-7H2,1H3,(H,25,28)(H,26,29)/t8-,9-,10+,15?/m1/s1. The minimum Gasteiger partial charge on any atom is -0.353 e. The lowest BCUT2D eigenvalue weighted by molar-refractivity contribution is -0.206. The van der Waals surface area contributed by atoms with Crippen molar-refractivity contribution in [1.29, 1.82) is 0 Å². The van der Waals surface area contributed by atoms with E-state index in [2.05, 4.69) is 10.6 Å². The Morgan fingerprint density at radius 1 is 1.31 bits per heavy atom. The smallest absolute Gasteiger partial charge is 0.353 e. The first kappa shape index (κ1) is 21.6. The van der Waals surface area contributed by atoms with E-state index in [1.807, 2.05) is 0 Å². The number of piperazine rings is 1. The number of benzene rings is 1. The molecule has 1 aromatic rings. The van der Waals surface area contributed by atoms with E-state index in [-0.39, 0.29) is 37.4 Å².